The van der Waals surface area contributed by atoms with Crippen LogP contribution in [0, 0.1) is 5.92 Å². The summed E-state index contributed by atoms with van der Waals surface area (Å²) in [5.74, 6) is 1.42. The molecule has 1 saturated heterocycles. The number of alkyl carbamates (subject to hydrolysis) is 1. The molecule has 0 aliphatic carbocycles. The zero-order chi connectivity index (χ0) is 24.8. The number of carbonyl (C=O) groups excluding carboxylic acids is 1. The van der Waals surface area contributed by atoms with Gasteiger partial charge in [-0.1, -0.05) is 30.3 Å². The van der Waals surface area contributed by atoms with Crippen molar-refractivity contribution in [2.24, 2.45) is 5.92 Å². The van der Waals surface area contributed by atoms with E-state index in [1.807, 2.05) is 63.2 Å². The fraction of sp³-hybridized carbons (Fsp3) is 0.370. The summed E-state index contributed by atoms with van der Waals surface area (Å²) in [6.45, 7) is 8.24. The Bertz CT molecular complexity index is 1190. The van der Waals surface area contributed by atoms with E-state index in [4.69, 9.17) is 9.47 Å². The highest BCUT2D eigenvalue weighted by molar-refractivity contribution is 5.67. The van der Waals surface area contributed by atoms with Crippen LogP contribution in [0.15, 0.2) is 71.8 Å². The van der Waals surface area contributed by atoms with E-state index < -0.39 is 5.60 Å². The maximum Gasteiger partial charge on any atom is 0.407 e. The number of aromatic nitrogens is 2. The Morgan fingerprint density at radius 2 is 1.94 bits per heavy atom. The second kappa shape index (κ2) is 10.6. The Morgan fingerprint density at radius 1 is 1.14 bits per heavy atom. The first kappa shape index (κ1) is 24.3. The Hall–Kier alpha value is -3.81. The molecule has 1 aliphatic rings. The lowest BCUT2D eigenvalue weighted by molar-refractivity contribution is 0.0520. The van der Waals surface area contributed by atoms with Gasteiger partial charge in [-0.2, -0.15) is 0 Å². The van der Waals surface area contributed by atoms with Gasteiger partial charge in [-0.3, -0.25) is 9.36 Å². The second-order valence-electron chi connectivity index (χ2n) is 9.70. The van der Waals surface area contributed by atoms with Gasteiger partial charge in [-0.25, -0.2) is 9.78 Å². The smallest absolute Gasteiger partial charge is 0.407 e. The molecule has 184 valence electrons. The van der Waals surface area contributed by atoms with Gasteiger partial charge in [-0.05, 0) is 56.9 Å². The molecule has 0 unspecified atom stereocenters. The summed E-state index contributed by atoms with van der Waals surface area (Å²) in [6.07, 6.45) is 4.05. The van der Waals surface area contributed by atoms with E-state index in [1.54, 1.807) is 18.5 Å². The molecule has 4 rings (SSSR count). The molecule has 35 heavy (non-hydrogen) atoms. The first-order valence-corrected chi connectivity index (χ1v) is 11.8. The molecule has 0 bridgehead atoms. The Balaban J connectivity index is 1.32. The van der Waals surface area contributed by atoms with Crippen LogP contribution in [0.2, 0.25) is 0 Å². The SMILES string of the molecule is CC(C)(C)OC(=O)NC[C@H]1CCN(c2ccc(-n3ccc(OCc4ccccc4)cc3=O)nc2)C1. The first-order chi connectivity index (χ1) is 16.8. The topological polar surface area (TPSA) is 85.7 Å². The van der Waals surface area contributed by atoms with Crippen molar-refractivity contribution < 1.29 is 14.3 Å². The van der Waals surface area contributed by atoms with Gasteiger partial charge in [0.15, 0.2) is 0 Å². The summed E-state index contributed by atoms with van der Waals surface area (Å²) >= 11 is 0. The molecule has 2 aromatic heterocycles. The van der Waals surface area contributed by atoms with E-state index >= 15 is 0 Å². The van der Waals surface area contributed by atoms with Gasteiger partial charge in [-0.15, -0.1) is 0 Å². The van der Waals surface area contributed by atoms with Crippen LogP contribution in [0.25, 0.3) is 5.82 Å². The van der Waals surface area contributed by atoms with Crippen LogP contribution < -0.4 is 20.5 Å². The quantitative estimate of drug-likeness (QED) is 0.551. The van der Waals surface area contributed by atoms with Gasteiger partial charge < -0.3 is 19.7 Å². The molecule has 1 N–H and O–H groups in total. The van der Waals surface area contributed by atoms with Gasteiger partial charge in [0.2, 0.25) is 0 Å². The fourth-order valence-electron chi connectivity index (χ4n) is 3.96. The molecule has 1 amide bonds. The third-order valence-electron chi connectivity index (χ3n) is 5.70. The van der Waals surface area contributed by atoms with Crippen molar-refractivity contribution in [3.8, 4) is 11.6 Å². The van der Waals surface area contributed by atoms with E-state index in [-0.39, 0.29) is 11.7 Å². The number of rotatable bonds is 7. The normalized spacial score (nSPS) is 15.6. The van der Waals surface area contributed by atoms with Crippen LogP contribution in [-0.4, -0.2) is 40.9 Å². The van der Waals surface area contributed by atoms with Crippen molar-refractivity contribution in [3.63, 3.8) is 0 Å². The lowest BCUT2D eigenvalue weighted by Gasteiger charge is -2.21. The summed E-state index contributed by atoms with van der Waals surface area (Å²) < 4.78 is 12.5. The number of nitrogens with one attached hydrogen (secondary N) is 1. The zero-order valence-electron chi connectivity index (χ0n) is 20.4. The largest absolute Gasteiger partial charge is 0.489 e. The summed E-state index contributed by atoms with van der Waals surface area (Å²) in [5, 5.41) is 2.86. The highest BCUT2D eigenvalue weighted by atomic mass is 16.6. The van der Waals surface area contributed by atoms with Crippen molar-refractivity contribution in [2.45, 2.75) is 39.4 Å². The highest BCUT2D eigenvalue weighted by Gasteiger charge is 2.24. The number of carbonyl (C=O) groups is 1. The van der Waals surface area contributed by atoms with Gasteiger partial charge in [0, 0.05) is 31.9 Å². The van der Waals surface area contributed by atoms with Crippen LogP contribution in [0.4, 0.5) is 10.5 Å². The third kappa shape index (κ3) is 6.85. The monoisotopic (exact) mass is 476 g/mol. The van der Waals surface area contributed by atoms with Crippen LogP contribution in [-0.2, 0) is 11.3 Å². The molecule has 8 heteroatoms. The van der Waals surface area contributed by atoms with Crippen molar-refractivity contribution in [1.29, 1.82) is 0 Å². The number of benzene rings is 1. The Labute approximate surface area is 205 Å². The third-order valence-corrected chi connectivity index (χ3v) is 5.70. The average molecular weight is 477 g/mol. The lowest BCUT2D eigenvalue weighted by atomic mass is 10.1. The minimum atomic E-state index is -0.503. The molecule has 1 atom stereocenters. The minimum absolute atomic E-state index is 0.203. The maximum absolute atomic E-state index is 12.6. The molecular weight excluding hydrogens is 444 g/mol. The summed E-state index contributed by atoms with van der Waals surface area (Å²) in [5.41, 5.74) is 1.32. The summed E-state index contributed by atoms with van der Waals surface area (Å²) in [4.78, 5) is 31.3. The maximum atomic E-state index is 12.6. The van der Waals surface area contributed by atoms with Gasteiger partial charge in [0.05, 0.1) is 11.9 Å². The van der Waals surface area contributed by atoms with Crippen molar-refractivity contribution >= 4 is 11.8 Å². The van der Waals surface area contributed by atoms with E-state index in [0.717, 1.165) is 30.8 Å². The lowest BCUT2D eigenvalue weighted by Crippen LogP contribution is -2.36. The molecule has 0 radical (unpaired) electrons. The highest BCUT2D eigenvalue weighted by Crippen LogP contribution is 2.23. The van der Waals surface area contributed by atoms with Crippen LogP contribution >= 0.6 is 0 Å². The number of nitrogens with zero attached hydrogens (tertiary/aromatic N) is 3. The first-order valence-electron chi connectivity index (χ1n) is 11.8. The number of hydrogen-bond acceptors (Lipinski definition) is 6. The molecule has 0 saturated carbocycles. The molecule has 1 fully saturated rings. The van der Waals surface area contributed by atoms with Gasteiger partial charge in [0.1, 0.15) is 23.8 Å². The number of pyridine rings is 2. The standard InChI is InChI=1S/C27H32N4O4/c1-27(2,3)35-26(33)29-16-21-11-13-30(18-21)22-9-10-24(28-17-22)31-14-12-23(15-25(31)32)34-19-20-7-5-4-6-8-20/h4-10,12,14-15,17,21H,11,13,16,18-19H2,1-3H3,(H,29,33)/t21-/m1/s1. The van der Waals surface area contributed by atoms with Gasteiger partial charge in [0.25, 0.3) is 5.56 Å². The van der Waals surface area contributed by atoms with E-state index in [2.05, 4.69) is 15.2 Å². The van der Waals surface area contributed by atoms with Crippen LogP contribution in [0.1, 0.15) is 32.8 Å². The van der Waals surface area contributed by atoms with Crippen LogP contribution in [0.3, 0.4) is 0 Å². The zero-order valence-corrected chi connectivity index (χ0v) is 20.4. The molecular formula is C27H32N4O4. The van der Waals surface area contributed by atoms with Crippen molar-refractivity contribution in [2.75, 3.05) is 24.5 Å². The summed E-state index contributed by atoms with van der Waals surface area (Å²) in [7, 11) is 0. The van der Waals surface area contributed by atoms with Gasteiger partial charge >= 0.3 is 6.09 Å². The molecule has 1 aliphatic heterocycles. The van der Waals surface area contributed by atoms with Crippen molar-refractivity contribution in [1.82, 2.24) is 14.9 Å². The molecule has 0 spiro atoms. The number of anilines is 1. The number of amides is 1. The number of ether oxygens (including phenoxy) is 2. The molecule has 3 aromatic rings. The number of hydrogen-bond donors (Lipinski definition) is 1. The van der Waals surface area contributed by atoms with E-state index in [1.165, 1.54) is 10.6 Å². The molecule has 8 nitrogen and oxygen atoms in total. The average Bonchev–Trinajstić information content (AvgIpc) is 3.30. The fourth-order valence-corrected chi connectivity index (χ4v) is 3.96. The predicted octanol–water partition coefficient (Wildman–Crippen LogP) is 4.16. The second-order valence-corrected chi connectivity index (χ2v) is 9.70. The van der Waals surface area contributed by atoms with E-state index in [9.17, 15) is 9.59 Å². The molecule has 3 heterocycles. The van der Waals surface area contributed by atoms with Crippen molar-refractivity contribution in [3.05, 3.63) is 82.9 Å². The predicted molar refractivity (Wildman–Crippen MR) is 135 cm³/mol. The Kier molecular flexibility index (Phi) is 7.39. The minimum Gasteiger partial charge on any atom is -0.489 e. The van der Waals surface area contributed by atoms with Crippen LogP contribution in [0.5, 0.6) is 5.75 Å². The Morgan fingerprint density at radius 3 is 2.63 bits per heavy atom. The van der Waals surface area contributed by atoms with E-state index in [0.29, 0.717) is 30.6 Å². The molecule has 1 aromatic carbocycles. The summed E-state index contributed by atoms with van der Waals surface area (Å²) in [6, 6.07) is 16.9.